The number of thiophene rings is 1. The van der Waals surface area contributed by atoms with Crippen LogP contribution in [-0.2, 0) is 13.5 Å². The summed E-state index contributed by atoms with van der Waals surface area (Å²) in [5, 5.41) is 6.67. The van der Waals surface area contributed by atoms with Gasteiger partial charge in [-0.1, -0.05) is 18.5 Å². The van der Waals surface area contributed by atoms with Gasteiger partial charge < -0.3 is 9.88 Å². The summed E-state index contributed by atoms with van der Waals surface area (Å²) in [6.07, 6.45) is 6.95. The van der Waals surface area contributed by atoms with Gasteiger partial charge in [-0.15, -0.1) is 11.3 Å². The van der Waals surface area contributed by atoms with Crippen LogP contribution in [0.3, 0.4) is 0 Å². The second kappa shape index (κ2) is 7.25. The van der Waals surface area contributed by atoms with E-state index < -0.39 is 0 Å². The maximum atomic E-state index is 6.42. The van der Waals surface area contributed by atoms with Crippen molar-refractivity contribution in [2.75, 3.05) is 6.54 Å². The van der Waals surface area contributed by atoms with Crippen LogP contribution in [0.4, 0.5) is 0 Å². The standard InChI is InChI=1S/C15H22ClN3S/c1-4-7-17-12(15-14(16)11(2)10-20-15)5-6-13-18-8-9-19(13)3/h8-10,12,17H,4-7H2,1-3H3. The van der Waals surface area contributed by atoms with Gasteiger partial charge in [-0.05, 0) is 37.3 Å². The topological polar surface area (TPSA) is 29.9 Å². The average molecular weight is 312 g/mol. The van der Waals surface area contributed by atoms with Gasteiger partial charge >= 0.3 is 0 Å². The highest BCUT2D eigenvalue weighted by molar-refractivity contribution is 7.10. The minimum absolute atomic E-state index is 0.317. The molecule has 110 valence electrons. The number of aromatic nitrogens is 2. The molecule has 0 spiro atoms. The van der Waals surface area contributed by atoms with Crippen molar-refractivity contribution in [2.24, 2.45) is 7.05 Å². The van der Waals surface area contributed by atoms with Gasteiger partial charge in [0.1, 0.15) is 5.82 Å². The van der Waals surface area contributed by atoms with Gasteiger partial charge in [0.2, 0.25) is 0 Å². The molecule has 0 saturated carbocycles. The Kier molecular flexibility index (Phi) is 5.64. The molecule has 2 rings (SSSR count). The summed E-state index contributed by atoms with van der Waals surface area (Å²) in [6.45, 7) is 5.26. The highest BCUT2D eigenvalue weighted by Gasteiger charge is 2.18. The second-order valence-electron chi connectivity index (χ2n) is 5.10. The van der Waals surface area contributed by atoms with E-state index in [1.54, 1.807) is 11.3 Å². The molecule has 0 aromatic carbocycles. The number of imidazole rings is 1. The number of nitrogens with zero attached hydrogens (tertiary/aromatic N) is 2. The zero-order valence-electron chi connectivity index (χ0n) is 12.3. The zero-order chi connectivity index (χ0) is 14.5. The third-order valence-electron chi connectivity index (χ3n) is 3.46. The molecule has 5 heteroatoms. The van der Waals surface area contributed by atoms with Gasteiger partial charge in [0.25, 0.3) is 0 Å². The quantitative estimate of drug-likeness (QED) is 0.833. The largest absolute Gasteiger partial charge is 0.338 e. The Bertz CT molecular complexity index is 547. The molecule has 0 fully saturated rings. The Morgan fingerprint density at radius 3 is 2.85 bits per heavy atom. The van der Waals surface area contributed by atoms with Gasteiger partial charge in [-0.25, -0.2) is 4.98 Å². The Morgan fingerprint density at radius 2 is 2.30 bits per heavy atom. The fourth-order valence-electron chi connectivity index (χ4n) is 2.24. The van der Waals surface area contributed by atoms with Gasteiger partial charge in [0.15, 0.2) is 0 Å². The molecule has 20 heavy (non-hydrogen) atoms. The van der Waals surface area contributed by atoms with Crippen LogP contribution in [0.15, 0.2) is 17.8 Å². The summed E-state index contributed by atoms with van der Waals surface area (Å²) in [4.78, 5) is 5.65. The number of halogens is 1. The normalized spacial score (nSPS) is 12.8. The van der Waals surface area contributed by atoms with Crippen molar-refractivity contribution in [1.82, 2.24) is 14.9 Å². The number of nitrogens with one attached hydrogen (secondary N) is 1. The molecule has 1 atom stereocenters. The van der Waals surface area contributed by atoms with Crippen LogP contribution >= 0.6 is 22.9 Å². The molecule has 0 bridgehead atoms. The van der Waals surface area contributed by atoms with Crippen molar-refractivity contribution in [3.05, 3.63) is 39.1 Å². The van der Waals surface area contributed by atoms with Crippen molar-refractivity contribution < 1.29 is 0 Å². The molecule has 3 nitrogen and oxygen atoms in total. The molecule has 1 N–H and O–H groups in total. The fraction of sp³-hybridized carbons (Fsp3) is 0.533. The van der Waals surface area contributed by atoms with Gasteiger partial charge in [0, 0.05) is 36.8 Å². The predicted octanol–water partition coefficient (Wildman–Crippen LogP) is 4.12. The van der Waals surface area contributed by atoms with Crippen LogP contribution < -0.4 is 5.32 Å². The maximum absolute atomic E-state index is 6.42. The van der Waals surface area contributed by atoms with Crippen molar-refractivity contribution >= 4 is 22.9 Å². The van der Waals surface area contributed by atoms with Crippen molar-refractivity contribution in [1.29, 1.82) is 0 Å². The molecule has 0 aliphatic carbocycles. The van der Waals surface area contributed by atoms with Crippen LogP contribution in [0, 0.1) is 6.92 Å². The first-order chi connectivity index (χ1) is 9.63. The third-order valence-corrected chi connectivity index (χ3v) is 5.29. The van der Waals surface area contributed by atoms with E-state index in [-0.39, 0.29) is 0 Å². The summed E-state index contributed by atoms with van der Waals surface area (Å²) in [6, 6.07) is 0.317. The van der Waals surface area contributed by atoms with E-state index in [0.717, 1.165) is 36.7 Å². The highest BCUT2D eigenvalue weighted by Crippen LogP contribution is 2.34. The molecule has 0 radical (unpaired) electrons. The number of hydrogen-bond donors (Lipinski definition) is 1. The first kappa shape index (κ1) is 15.5. The molecule has 2 aromatic heterocycles. The van der Waals surface area contributed by atoms with Crippen molar-refractivity contribution in [2.45, 2.75) is 39.2 Å². The van der Waals surface area contributed by atoms with Gasteiger partial charge in [0.05, 0.1) is 5.02 Å². The summed E-state index contributed by atoms with van der Waals surface area (Å²) in [7, 11) is 2.04. The summed E-state index contributed by atoms with van der Waals surface area (Å²) in [5.74, 6) is 1.12. The Labute approximate surface area is 130 Å². The number of aryl methyl sites for hydroxylation is 3. The molecule has 0 saturated heterocycles. The minimum atomic E-state index is 0.317. The lowest BCUT2D eigenvalue weighted by atomic mass is 10.1. The van der Waals surface area contributed by atoms with E-state index in [1.165, 1.54) is 10.4 Å². The predicted molar refractivity (Wildman–Crippen MR) is 86.6 cm³/mol. The lowest BCUT2D eigenvalue weighted by Gasteiger charge is -2.18. The Hall–Kier alpha value is -0.840. The molecule has 0 amide bonds. The van der Waals surface area contributed by atoms with Crippen LogP contribution in [0.25, 0.3) is 0 Å². The highest BCUT2D eigenvalue weighted by atomic mass is 35.5. The van der Waals surface area contributed by atoms with Crippen LogP contribution in [-0.4, -0.2) is 16.1 Å². The molecule has 2 heterocycles. The van der Waals surface area contributed by atoms with E-state index >= 15 is 0 Å². The SMILES string of the molecule is CCCNC(CCc1nccn1C)c1scc(C)c1Cl. The summed E-state index contributed by atoms with van der Waals surface area (Å²) >= 11 is 8.18. The molecular weight excluding hydrogens is 290 g/mol. The number of hydrogen-bond acceptors (Lipinski definition) is 3. The first-order valence-electron chi connectivity index (χ1n) is 7.06. The molecule has 1 unspecified atom stereocenters. The van der Waals surface area contributed by atoms with E-state index in [2.05, 4.69) is 34.1 Å². The van der Waals surface area contributed by atoms with E-state index in [9.17, 15) is 0 Å². The first-order valence-corrected chi connectivity index (χ1v) is 8.32. The van der Waals surface area contributed by atoms with Crippen LogP contribution in [0.2, 0.25) is 5.02 Å². The summed E-state index contributed by atoms with van der Waals surface area (Å²) < 4.78 is 2.08. The molecular formula is C15H22ClN3S. The van der Waals surface area contributed by atoms with Crippen LogP contribution in [0.1, 0.15) is 42.1 Å². The van der Waals surface area contributed by atoms with Gasteiger partial charge in [-0.2, -0.15) is 0 Å². The number of rotatable bonds is 7. The lowest BCUT2D eigenvalue weighted by molar-refractivity contribution is 0.497. The maximum Gasteiger partial charge on any atom is 0.108 e. The third kappa shape index (κ3) is 3.62. The van der Waals surface area contributed by atoms with Gasteiger partial charge in [-0.3, -0.25) is 0 Å². The smallest absolute Gasteiger partial charge is 0.108 e. The fourth-order valence-corrected chi connectivity index (χ4v) is 3.68. The summed E-state index contributed by atoms with van der Waals surface area (Å²) in [5.41, 5.74) is 1.17. The molecule has 0 aliphatic rings. The van der Waals surface area contributed by atoms with E-state index in [1.807, 2.05) is 19.4 Å². The van der Waals surface area contributed by atoms with Crippen molar-refractivity contribution in [3.63, 3.8) is 0 Å². The Balaban J connectivity index is 2.07. The lowest BCUT2D eigenvalue weighted by Crippen LogP contribution is -2.22. The van der Waals surface area contributed by atoms with E-state index in [4.69, 9.17) is 11.6 Å². The second-order valence-corrected chi connectivity index (χ2v) is 6.39. The van der Waals surface area contributed by atoms with E-state index in [0.29, 0.717) is 6.04 Å². The Morgan fingerprint density at radius 1 is 1.50 bits per heavy atom. The monoisotopic (exact) mass is 311 g/mol. The minimum Gasteiger partial charge on any atom is -0.338 e. The average Bonchev–Trinajstić information content (AvgIpc) is 2.99. The zero-order valence-corrected chi connectivity index (χ0v) is 13.9. The van der Waals surface area contributed by atoms with Crippen molar-refractivity contribution in [3.8, 4) is 0 Å². The van der Waals surface area contributed by atoms with Crippen LogP contribution in [0.5, 0.6) is 0 Å². The molecule has 0 aliphatic heterocycles. The molecule has 2 aromatic rings.